The van der Waals surface area contributed by atoms with E-state index in [1.54, 1.807) is 0 Å². The quantitative estimate of drug-likeness (QED) is 0.495. The number of fused-ring (bicyclic) bond motifs is 2. The van der Waals surface area contributed by atoms with E-state index in [4.69, 9.17) is 14.2 Å². The molecule has 2 atom stereocenters. The van der Waals surface area contributed by atoms with Gasteiger partial charge in [-0.15, -0.1) is 0 Å². The van der Waals surface area contributed by atoms with Crippen LogP contribution in [0.3, 0.4) is 0 Å². The molecule has 3 aromatic carbocycles. The van der Waals surface area contributed by atoms with Gasteiger partial charge in [0.05, 0.1) is 17.8 Å². The van der Waals surface area contributed by atoms with Gasteiger partial charge >= 0.3 is 0 Å². The van der Waals surface area contributed by atoms with E-state index in [-0.39, 0.29) is 0 Å². The van der Waals surface area contributed by atoms with E-state index in [9.17, 15) is 5.11 Å². The molecule has 5 rings (SSSR count). The fraction of sp³-hybridized carbons (Fsp3) is 0.192. The number of rotatable bonds is 5. The summed E-state index contributed by atoms with van der Waals surface area (Å²) in [5.41, 5.74) is 2.45. The number of hydrogen-bond acceptors (Lipinski definition) is 5. The van der Waals surface area contributed by atoms with Gasteiger partial charge in [0.15, 0.2) is 0 Å². The average molecular weight is 413 g/mol. The Balaban J connectivity index is 1.33. The van der Waals surface area contributed by atoms with Crippen LogP contribution in [0.1, 0.15) is 23.8 Å². The van der Waals surface area contributed by atoms with E-state index in [1.807, 2.05) is 84.9 Å². The first-order valence-corrected chi connectivity index (χ1v) is 10.4. The molecule has 0 saturated carbocycles. The summed E-state index contributed by atoms with van der Waals surface area (Å²) in [6.07, 6.45) is -0.636. The Labute approximate surface area is 180 Å². The smallest absolute Gasteiger partial charge is 0.132 e. The van der Waals surface area contributed by atoms with Crippen LogP contribution in [0.4, 0.5) is 0 Å². The molecule has 0 bridgehead atoms. The molecule has 31 heavy (non-hydrogen) atoms. The highest BCUT2D eigenvalue weighted by Gasteiger charge is 2.29. The van der Waals surface area contributed by atoms with Crippen LogP contribution in [0.2, 0.25) is 0 Å². The zero-order valence-electron chi connectivity index (χ0n) is 17.0. The van der Waals surface area contributed by atoms with Crippen molar-refractivity contribution >= 4 is 10.9 Å². The number of benzene rings is 3. The second-order valence-corrected chi connectivity index (χ2v) is 7.53. The number of nitrogens with zero attached hydrogens (tertiary/aromatic N) is 1. The molecule has 1 aromatic heterocycles. The van der Waals surface area contributed by atoms with Crippen LogP contribution < -0.4 is 14.2 Å². The highest BCUT2D eigenvalue weighted by molar-refractivity contribution is 5.78. The van der Waals surface area contributed by atoms with Crippen molar-refractivity contribution in [2.24, 2.45) is 0 Å². The molecule has 0 unspecified atom stereocenters. The molecule has 0 radical (unpaired) electrons. The molecule has 4 aromatic rings. The third-order valence-electron chi connectivity index (χ3n) is 5.39. The Morgan fingerprint density at radius 3 is 2.65 bits per heavy atom. The summed E-state index contributed by atoms with van der Waals surface area (Å²) in [5, 5.41) is 12.1. The van der Waals surface area contributed by atoms with Crippen molar-refractivity contribution in [2.45, 2.75) is 25.2 Å². The fourth-order valence-electron chi connectivity index (χ4n) is 3.77. The molecule has 1 aliphatic rings. The van der Waals surface area contributed by atoms with E-state index in [1.165, 1.54) is 0 Å². The Bertz CT molecular complexity index is 1180. The highest BCUT2D eigenvalue weighted by Crippen LogP contribution is 2.36. The van der Waals surface area contributed by atoms with E-state index < -0.39 is 12.2 Å². The summed E-state index contributed by atoms with van der Waals surface area (Å²) in [5.74, 6) is 2.03. The minimum absolute atomic E-state index is 0.338. The highest BCUT2D eigenvalue weighted by atomic mass is 16.5. The average Bonchev–Trinajstić information content (AvgIpc) is 2.97. The molecule has 2 heterocycles. The maximum absolute atomic E-state index is 11.0. The number of ether oxygens (including phenoxy) is 3. The second-order valence-electron chi connectivity index (χ2n) is 7.53. The van der Waals surface area contributed by atoms with Crippen molar-refractivity contribution in [2.75, 3.05) is 6.61 Å². The van der Waals surface area contributed by atoms with Gasteiger partial charge in [-0.3, -0.25) is 0 Å². The predicted octanol–water partition coefficient (Wildman–Crippen LogP) is 5.08. The van der Waals surface area contributed by atoms with Crippen molar-refractivity contribution in [3.8, 4) is 17.2 Å². The Morgan fingerprint density at radius 2 is 1.74 bits per heavy atom. The first-order chi connectivity index (χ1) is 15.3. The topological polar surface area (TPSA) is 60.8 Å². The lowest BCUT2D eigenvalue weighted by Crippen LogP contribution is -2.25. The number of aliphatic hydroxyl groups is 1. The molecule has 5 nitrogen and oxygen atoms in total. The van der Waals surface area contributed by atoms with Gasteiger partial charge in [-0.1, -0.05) is 42.5 Å². The summed E-state index contributed by atoms with van der Waals surface area (Å²) in [7, 11) is 0. The van der Waals surface area contributed by atoms with Gasteiger partial charge in [0.25, 0.3) is 0 Å². The van der Waals surface area contributed by atoms with Gasteiger partial charge in [-0.25, -0.2) is 4.98 Å². The van der Waals surface area contributed by atoms with Crippen LogP contribution in [-0.2, 0) is 6.61 Å². The minimum Gasteiger partial charge on any atom is -0.493 e. The monoisotopic (exact) mass is 413 g/mol. The van der Waals surface area contributed by atoms with Crippen molar-refractivity contribution < 1.29 is 19.3 Å². The normalized spacial score (nSPS) is 18.0. The third-order valence-corrected chi connectivity index (χ3v) is 5.39. The summed E-state index contributed by atoms with van der Waals surface area (Å²) in [4.78, 5) is 4.65. The zero-order valence-corrected chi connectivity index (χ0v) is 17.0. The van der Waals surface area contributed by atoms with Crippen LogP contribution in [0.15, 0.2) is 84.9 Å². The molecule has 0 saturated heterocycles. The SMILES string of the molecule is O[C@@H]1c2cc(OCc3ccc4ccccc4n3)ccc2OCC[C@H]1Oc1ccccc1. The largest absolute Gasteiger partial charge is 0.493 e. The van der Waals surface area contributed by atoms with Crippen molar-refractivity contribution in [3.05, 3.63) is 96.2 Å². The number of aromatic nitrogens is 1. The van der Waals surface area contributed by atoms with Gasteiger partial charge in [0.2, 0.25) is 0 Å². The van der Waals surface area contributed by atoms with Crippen molar-refractivity contribution in [1.82, 2.24) is 4.98 Å². The number of hydrogen-bond donors (Lipinski definition) is 1. The van der Waals surface area contributed by atoms with Gasteiger partial charge in [-0.05, 0) is 42.5 Å². The predicted molar refractivity (Wildman–Crippen MR) is 118 cm³/mol. The molecule has 0 spiro atoms. The summed E-state index contributed by atoms with van der Waals surface area (Å²) >= 11 is 0. The molecule has 156 valence electrons. The molecule has 1 N–H and O–H groups in total. The lowest BCUT2D eigenvalue weighted by molar-refractivity contribution is 0.0312. The lowest BCUT2D eigenvalue weighted by atomic mass is 10.0. The van der Waals surface area contributed by atoms with Crippen molar-refractivity contribution in [1.29, 1.82) is 0 Å². The van der Waals surface area contributed by atoms with Crippen LogP contribution in [0, 0.1) is 0 Å². The van der Waals surface area contributed by atoms with Gasteiger partial charge in [0.1, 0.15) is 36.1 Å². The molecule has 5 heteroatoms. The van der Waals surface area contributed by atoms with Crippen LogP contribution in [-0.4, -0.2) is 22.8 Å². The standard InChI is InChI=1S/C26H23NO4/c28-26-22-16-21(30-17-19-11-10-18-6-4-5-9-23(18)27-19)12-13-24(22)29-15-14-25(26)31-20-7-2-1-3-8-20/h1-13,16,25-26,28H,14-15,17H2/t25-,26-/m1/s1. The molecule has 1 aliphatic heterocycles. The Morgan fingerprint density at radius 1 is 0.903 bits per heavy atom. The number of pyridine rings is 1. The summed E-state index contributed by atoms with van der Waals surface area (Å²) in [6, 6.07) is 27.1. The van der Waals surface area contributed by atoms with Crippen LogP contribution in [0.25, 0.3) is 10.9 Å². The van der Waals surface area contributed by atoms with E-state index in [0.717, 1.165) is 22.3 Å². The van der Waals surface area contributed by atoms with Gasteiger partial charge in [-0.2, -0.15) is 0 Å². The molecule has 0 amide bonds. The molecular weight excluding hydrogens is 390 g/mol. The first-order valence-electron chi connectivity index (χ1n) is 10.4. The lowest BCUT2D eigenvalue weighted by Gasteiger charge is -2.22. The fourth-order valence-corrected chi connectivity index (χ4v) is 3.77. The van der Waals surface area contributed by atoms with E-state index in [0.29, 0.717) is 36.7 Å². The number of aliphatic hydroxyl groups excluding tert-OH is 1. The maximum Gasteiger partial charge on any atom is 0.132 e. The first kappa shape index (κ1) is 19.4. The minimum atomic E-state index is -0.819. The molecule has 0 fully saturated rings. The van der Waals surface area contributed by atoms with Crippen molar-refractivity contribution in [3.63, 3.8) is 0 Å². The van der Waals surface area contributed by atoms with Crippen LogP contribution >= 0.6 is 0 Å². The van der Waals surface area contributed by atoms with Crippen LogP contribution in [0.5, 0.6) is 17.2 Å². The molecule has 0 aliphatic carbocycles. The Hall–Kier alpha value is -3.57. The Kier molecular flexibility index (Phi) is 5.42. The van der Waals surface area contributed by atoms with Gasteiger partial charge < -0.3 is 19.3 Å². The van der Waals surface area contributed by atoms with E-state index in [2.05, 4.69) is 4.98 Å². The second kappa shape index (κ2) is 8.66. The summed E-state index contributed by atoms with van der Waals surface area (Å²) in [6.45, 7) is 0.813. The third kappa shape index (κ3) is 4.32. The van der Waals surface area contributed by atoms with E-state index >= 15 is 0 Å². The molecular formula is C26H23NO4. The maximum atomic E-state index is 11.0. The zero-order chi connectivity index (χ0) is 21.0. The number of para-hydroxylation sites is 2. The van der Waals surface area contributed by atoms with Gasteiger partial charge in [0, 0.05) is 17.4 Å². The summed E-state index contributed by atoms with van der Waals surface area (Å²) < 4.78 is 17.9.